The van der Waals surface area contributed by atoms with Crippen molar-refractivity contribution >= 4 is 5.69 Å². The first-order valence-corrected chi connectivity index (χ1v) is 6.79. The maximum absolute atomic E-state index is 6.01. The number of hydrogen-bond donors (Lipinski definition) is 1. The van der Waals surface area contributed by atoms with Gasteiger partial charge in [-0.2, -0.15) is 5.10 Å². The highest BCUT2D eigenvalue weighted by molar-refractivity contribution is 5.77. The Balaban J connectivity index is 1.90. The quantitative estimate of drug-likeness (QED) is 0.797. The summed E-state index contributed by atoms with van der Waals surface area (Å²) in [5, 5.41) is 4.19. The predicted molar refractivity (Wildman–Crippen MR) is 83.8 cm³/mol. The van der Waals surface area contributed by atoms with Crippen LogP contribution in [-0.2, 0) is 13.7 Å². The second kappa shape index (κ2) is 5.71. The van der Waals surface area contributed by atoms with E-state index in [1.165, 1.54) is 0 Å². The van der Waals surface area contributed by atoms with Gasteiger partial charge in [-0.25, -0.2) is 0 Å². The molecule has 1 heterocycles. The van der Waals surface area contributed by atoms with E-state index in [0.717, 1.165) is 22.6 Å². The zero-order chi connectivity index (χ0) is 14.7. The number of nitrogen functional groups attached to an aromatic ring is 1. The van der Waals surface area contributed by atoms with Crippen LogP contribution in [-0.4, -0.2) is 9.78 Å². The van der Waals surface area contributed by atoms with Crippen LogP contribution in [0.15, 0.2) is 60.8 Å². The second-order valence-electron chi connectivity index (χ2n) is 4.84. The maximum Gasteiger partial charge on any atom is 0.129 e. The van der Waals surface area contributed by atoms with Crippen molar-refractivity contribution in [2.45, 2.75) is 6.61 Å². The van der Waals surface area contributed by atoms with Crippen LogP contribution in [0.3, 0.4) is 0 Å². The molecule has 3 rings (SSSR count). The molecule has 1 aromatic heterocycles. The van der Waals surface area contributed by atoms with Crippen LogP contribution >= 0.6 is 0 Å². The van der Waals surface area contributed by atoms with Gasteiger partial charge in [0.05, 0.1) is 17.6 Å². The average molecular weight is 279 g/mol. The molecule has 0 fully saturated rings. The van der Waals surface area contributed by atoms with E-state index >= 15 is 0 Å². The molecule has 0 saturated heterocycles. The predicted octanol–water partition coefficient (Wildman–Crippen LogP) is 3.25. The van der Waals surface area contributed by atoms with E-state index in [1.54, 1.807) is 10.9 Å². The fraction of sp³-hybridized carbons (Fsp3) is 0.118. The van der Waals surface area contributed by atoms with Crippen molar-refractivity contribution in [2.75, 3.05) is 5.73 Å². The molecule has 0 aliphatic rings. The lowest BCUT2D eigenvalue weighted by Gasteiger charge is -2.12. The van der Waals surface area contributed by atoms with E-state index < -0.39 is 0 Å². The minimum atomic E-state index is 0.523. The van der Waals surface area contributed by atoms with E-state index in [2.05, 4.69) is 5.10 Å². The van der Waals surface area contributed by atoms with Crippen LogP contribution in [0, 0.1) is 0 Å². The number of aryl methyl sites for hydroxylation is 1. The smallest absolute Gasteiger partial charge is 0.129 e. The molecular weight excluding hydrogens is 262 g/mol. The van der Waals surface area contributed by atoms with Crippen molar-refractivity contribution in [1.29, 1.82) is 0 Å². The Kier molecular flexibility index (Phi) is 3.60. The molecule has 21 heavy (non-hydrogen) atoms. The third-order valence-electron chi connectivity index (χ3n) is 3.35. The largest absolute Gasteiger partial charge is 0.488 e. The molecule has 0 unspecified atom stereocenters. The van der Waals surface area contributed by atoms with Crippen LogP contribution in [0.4, 0.5) is 5.69 Å². The van der Waals surface area contributed by atoms with Crippen LogP contribution in [0.25, 0.3) is 11.3 Å². The van der Waals surface area contributed by atoms with Gasteiger partial charge in [0, 0.05) is 12.6 Å². The zero-order valence-electron chi connectivity index (χ0n) is 11.9. The topological polar surface area (TPSA) is 53.1 Å². The summed E-state index contributed by atoms with van der Waals surface area (Å²) < 4.78 is 7.72. The molecule has 0 atom stereocenters. The molecule has 0 bridgehead atoms. The summed E-state index contributed by atoms with van der Waals surface area (Å²) in [7, 11) is 1.87. The number of nitrogens with zero attached hydrogens (tertiary/aromatic N) is 2. The van der Waals surface area contributed by atoms with Crippen molar-refractivity contribution in [1.82, 2.24) is 9.78 Å². The third kappa shape index (κ3) is 2.74. The first kappa shape index (κ1) is 13.2. The lowest BCUT2D eigenvalue weighted by atomic mass is 10.1. The molecule has 3 aromatic rings. The minimum absolute atomic E-state index is 0.523. The van der Waals surface area contributed by atoms with Gasteiger partial charge in [0.25, 0.3) is 0 Å². The third-order valence-corrected chi connectivity index (χ3v) is 3.35. The number of para-hydroxylation sites is 1. The van der Waals surface area contributed by atoms with E-state index in [9.17, 15) is 0 Å². The fourth-order valence-electron chi connectivity index (χ4n) is 2.31. The normalized spacial score (nSPS) is 10.5. The summed E-state index contributed by atoms with van der Waals surface area (Å²) in [6.07, 6.45) is 1.66. The average Bonchev–Trinajstić information content (AvgIpc) is 2.85. The number of aromatic nitrogens is 2. The Labute approximate surface area is 123 Å². The highest BCUT2D eigenvalue weighted by atomic mass is 16.5. The molecule has 4 heteroatoms. The Bertz CT molecular complexity index is 715. The van der Waals surface area contributed by atoms with Gasteiger partial charge in [-0.05, 0) is 17.7 Å². The molecule has 0 radical (unpaired) electrons. The first-order valence-electron chi connectivity index (χ1n) is 6.79. The van der Waals surface area contributed by atoms with Gasteiger partial charge in [0.2, 0.25) is 0 Å². The summed E-state index contributed by atoms with van der Waals surface area (Å²) >= 11 is 0. The lowest BCUT2D eigenvalue weighted by molar-refractivity contribution is 0.307. The first-order chi connectivity index (χ1) is 10.3. The van der Waals surface area contributed by atoms with Crippen molar-refractivity contribution < 1.29 is 4.74 Å². The van der Waals surface area contributed by atoms with Crippen LogP contribution in [0.5, 0.6) is 5.75 Å². The fourth-order valence-corrected chi connectivity index (χ4v) is 2.31. The molecule has 0 aliphatic carbocycles. The van der Waals surface area contributed by atoms with Gasteiger partial charge in [-0.15, -0.1) is 0 Å². The number of nitrogens with two attached hydrogens (primary N) is 1. The van der Waals surface area contributed by atoms with Gasteiger partial charge >= 0.3 is 0 Å². The Morgan fingerprint density at radius 3 is 2.48 bits per heavy atom. The van der Waals surface area contributed by atoms with Crippen molar-refractivity contribution in [3.8, 4) is 17.0 Å². The number of rotatable bonds is 4. The van der Waals surface area contributed by atoms with Gasteiger partial charge in [0.1, 0.15) is 12.4 Å². The van der Waals surface area contributed by atoms with E-state index in [4.69, 9.17) is 10.5 Å². The molecule has 0 saturated carbocycles. The molecule has 2 aromatic carbocycles. The number of hydrogen-bond acceptors (Lipinski definition) is 3. The molecule has 0 spiro atoms. The molecule has 106 valence electrons. The van der Waals surface area contributed by atoms with Crippen molar-refractivity contribution in [3.63, 3.8) is 0 Å². The summed E-state index contributed by atoms with van der Waals surface area (Å²) in [6, 6.07) is 18.0. The minimum Gasteiger partial charge on any atom is -0.488 e. The molecule has 0 aliphatic heterocycles. The van der Waals surface area contributed by atoms with Gasteiger partial charge in [-0.1, -0.05) is 42.5 Å². The Hall–Kier alpha value is -2.75. The van der Waals surface area contributed by atoms with Crippen molar-refractivity contribution in [2.24, 2.45) is 7.05 Å². The monoisotopic (exact) mass is 279 g/mol. The van der Waals surface area contributed by atoms with E-state index in [1.807, 2.05) is 61.6 Å². The van der Waals surface area contributed by atoms with Crippen LogP contribution in [0.1, 0.15) is 5.56 Å². The van der Waals surface area contributed by atoms with E-state index in [0.29, 0.717) is 12.3 Å². The van der Waals surface area contributed by atoms with E-state index in [-0.39, 0.29) is 0 Å². The standard InChI is InChI=1S/C17H17N3O/c1-20-17(15(18)11-19-20)14-9-5-6-10-16(14)21-12-13-7-3-2-4-8-13/h2-11H,12,18H2,1H3. The molecule has 4 nitrogen and oxygen atoms in total. The molecule has 0 amide bonds. The van der Waals surface area contributed by atoms with Gasteiger partial charge in [0.15, 0.2) is 0 Å². The summed E-state index contributed by atoms with van der Waals surface area (Å²) in [4.78, 5) is 0. The summed E-state index contributed by atoms with van der Waals surface area (Å²) in [5.41, 5.74) is 9.61. The summed E-state index contributed by atoms with van der Waals surface area (Å²) in [5.74, 6) is 0.802. The van der Waals surface area contributed by atoms with Gasteiger partial charge < -0.3 is 10.5 Å². The summed E-state index contributed by atoms with van der Waals surface area (Å²) in [6.45, 7) is 0.523. The Morgan fingerprint density at radius 1 is 1.05 bits per heavy atom. The Morgan fingerprint density at radius 2 is 1.76 bits per heavy atom. The highest BCUT2D eigenvalue weighted by Crippen LogP contribution is 2.33. The van der Waals surface area contributed by atoms with Crippen LogP contribution < -0.4 is 10.5 Å². The number of anilines is 1. The lowest BCUT2D eigenvalue weighted by Crippen LogP contribution is -2.00. The maximum atomic E-state index is 6.01. The van der Waals surface area contributed by atoms with Crippen LogP contribution in [0.2, 0.25) is 0 Å². The molecular formula is C17H17N3O. The van der Waals surface area contributed by atoms with Crippen molar-refractivity contribution in [3.05, 3.63) is 66.4 Å². The highest BCUT2D eigenvalue weighted by Gasteiger charge is 2.13. The number of ether oxygens (including phenoxy) is 1. The van der Waals surface area contributed by atoms with Gasteiger partial charge in [-0.3, -0.25) is 4.68 Å². The molecule has 2 N–H and O–H groups in total. The number of benzene rings is 2. The SMILES string of the molecule is Cn1ncc(N)c1-c1ccccc1OCc1ccccc1. The second-order valence-corrected chi connectivity index (χ2v) is 4.84. The zero-order valence-corrected chi connectivity index (χ0v) is 11.9.